The van der Waals surface area contributed by atoms with Crippen LogP contribution < -0.4 is 5.73 Å². The SMILES string of the molecule is NCCCO[C@H]1O[C@H](CO)[C@@H](O)[C@H](O)[C@@H]1O[C@H]1O[C@H](CO)[C@@H](O)[C@H](O)[C@@H]1O[C@H]1O[C@H](CO)[C@@H](O)[C@H](O[C@H]2O[C@H](CO)[C@@H](O)[C@H](O)[C@@H]2O[C@H]2O[C@H](CO)[C@@H](O)[C@H](O[C@H]3O[C@H](CO)[C@@H](O)[C@H](O)[C@@H]3O[C@@H]3O[C@H](CO)[C@@H](O)[C@H](O)[C@@H]3O)[C@@H]2O)[C@@H]1O. The molecule has 0 radical (unpaired) electrons. The zero-order valence-electron chi connectivity index (χ0n) is 43.4. The summed E-state index contributed by atoms with van der Waals surface area (Å²) >= 11 is 0. The summed E-state index contributed by atoms with van der Waals surface area (Å²) < 4.78 is 80.4. The third-order valence-electron chi connectivity index (χ3n) is 15.2. The number of rotatable bonds is 23. The largest absolute Gasteiger partial charge is 0.394 e. The molecule has 7 heterocycles. The van der Waals surface area contributed by atoms with Crippen LogP contribution in [0.2, 0.25) is 0 Å². The molecule has 7 fully saturated rings. The molecule has 37 nitrogen and oxygen atoms in total. The zero-order valence-corrected chi connectivity index (χ0v) is 43.4. The van der Waals surface area contributed by atoms with Crippen LogP contribution in [0.3, 0.4) is 0 Å². The van der Waals surface area contributed by atoms with Gasteiger partial charge in [0.1, 0.15) is 171 Å². The maximum atomic E-state index is 11.9. The topological polar surface area (TPSA) is 600 Å². The first kappa shape index (κ1) is 68.0. The highest BCUT2D eigenvalue weighted by atomic mass is 16.8. The summed E-state index contributed by atoms with van der Waals surface area (Å²) in [6.07, 6.45) is -69.9. The third kappa shape index (κ3) is 14.3. The van der Waals surface area contributed by atoms with Crippen molar-refractivity contribution in [1.29, 1.82) is 0 Å². The van der Waals surface area contributed by atoms with Crippen LogP contribution >= 0.6 is 0 Å². The van der Waals surface area contributed by atoms with Gasteiger partial charge in [-0.25, -0.2) is 0 Å². The van der Waals surface area contributed by atoms with Crippen LogP contribution in [0, 0.1) is 0 Å². The average molecular weight is 1210 g/mol. The lowest BCUT2D eigenvalue weighted by Crippen LogP contribution is -2.69. The fourth-order valence-corrected chi connectivity index (χ4v) is 10.3. The molecule has 82 heavy (non-hydrogen) atoms. The lowest BCUT2D eigenvalue weighted by atomic mass is 9.95. The van der Waals surface area contributed by atoms with Gasteiger partial charge in [0, 0.05) is 0 Å². The summed E-state index contributed by atoms with van der Waals surface area (Å²) in [5.74, 6) is 0. The lowest BCUT2D eigenvalue weighted by molar-refractivity contribution is -0.411. The van der Waals surface area contributed by atoms with E-state index in [2.05, 4.69) is 0 Å². The predicted molar refractivity (Wildman–Crippen MR) is 249 cm³/mol. The van der Waals surface area contributed by atoms with E-state index in [-0.39, 0.29) is 19.6 Å². The van der Waals surface area contributed by atoms with Gasteiger partial charge in [0.2, 0.25) is 0 Å². The number of aliphatic hydroxyl groups is 22. The van der Waals surface area contributed by atoms with E-state index in [9.17, 15) is 112 Å². The van der Waals surface area contributed by atoms with E-state index in [4.69, 9.17) is 72.0 Å². The smallest absolute Gasteiger partial charge is 0.187 e. The fourth-order valence-electron chi connectivity index (χ4n) is 10.3. The highest BCUT2D eigenvalue weighted by molar-refractivity contribution is 5.01. The van der Waals surface area contributed by atoms with Crippen LogP contribution in [0.1, 0.15) is 6.42 Å². The van der Waals surface area contributed by atoms with Crippen molar-refractivity contribution in [3.63, 3.8) is 0 Å². The average Bonchev–Trinajstić information content (AvgIpc) is 3.53. The van der Waals surface area contributed by atoms with Gasteiger partial charge < -0.3 is 184 Å². The molecule has 7 rings (SSSR count). The summed E-state index contributed by atoms with van der Waals surface area (Å²) in [7, 11) is 0. The molecule has 0 aromatic heterocycles. The molecular weight excluding hydrogens is 1130 g/mol. The van der Waals surface area contributed by atoms with Gasteiger partial charge >= 0.3 is 0 Å². The molecule has 7 saturated heterocycles. The minimum Gasteiger partial charge on any atom is -0.394 e. The van der Waals surface area contributed by atoms with Crippen molar-refractivity contribution in [2.24, 2.45) is 5.73 Å². The Morgan fingerprint density at radius 2 is 0.476 bits per heavy atom. The molecule has 7 aliphatic rings. The first-order chi connectivity index (χ1) is 39.0. The van der Waals surface area contributed by atoms with E-state index in [0.717, 1.165) is 0 Å². The second kappa shape index (κ2) is 30.1. The number of hydrogen-bond acceptors (Lipinski definition) is 37. The standard InChI is InChI=1S/C45H79NO36/c46-2-1-3-69-42-35(26(62)19(55)12(5-48)73-42)82-45-38(29(65)22(58)15(8-51)76-45)81-41-32(68)34(24(60)17(10-53)72-41)78-44-37(28(64)21(57)14(7-50)75-44)80-40-31(67)33(23(59)16(9-52)71-40)77-43-36(27(63)20(56)13(6-49)74-43)79-39-30(66)25(61)18(54)11(4-47)70-39/h11-45,47-68H,1-10,46H2/t11-,12-,13-,14-,15-,16-,17-,18-,19-,20-,21-,22-,23-,24-,25+,26+,27+,28+,29+,30+,31+,32+,33+,34+,35+,36+,37+,38+,39+,40-,41-,42+,43-,44-,45-/m1/s1. The van der Waals surface area contributed by atoms with Crippen LogP contribution in [0.4, 0.5) is 0 Å². The molecule has 35 atom stereocenters. The Bertz CT molecular complexity index is 1890. The monoisotopic (exact) mass is 1210 g/mol. The number of nitrogens with two attached hydrogens (primary N) is 1. The molecule has 0 amide bonds. The molecule has 0 saturated carbocycles. The van der Waals surface area contributed by atoms with Gasteiger partial charge in [-0.1, -0.05) is 0 Å². The second-order valence-corrected chi connectivity index (χ2v) is 20.6. The van der Waals surface area contributed by atoms with E-state index in [1.807, 2.05) is 0 Å². The molecule has 0 aliphatic carbocycles. The van der Waals surface area contributed by atoms with Crippen molar-refractivity contribution in [1.82, 2.24) is 0 Å². The second-order valence-electron chi connectivity index (χ2n) is 20.6. The Morgan fingerprint density at radius 3 is 0.780 bits per heavy atom. The van der Waals surface area contributed by atoms with Gasteiger partial charge in [-0.2, -0.15) is 0 Å². The summed E-state index contributed by atoms with van der Waals surface area (Å²) in [6.45, 7) is -6.96. The Labute approximate surface area is 464 Å². The Morgan fingerprint density at radius 1 is 0.244 bits per heavy atom. The van der Waals surface area contributed by atoms with E-state index in [0.29, 0.717) is 0 Å². The molecule has 0 bridgehead atoms. The van der Waals surface area contributed by atoms with E-state index in [1.54, 1.807) is 0 Å². The molecule has 0 spiro atoms. The quantitative estimate of drug-likeness (QED) is 0.0423. The van der Waals surface area contributed by atoms with Crippen LogP contribution in [0.15, 0.2) is 0 Å². The van der Waals surface area contributed by atoms with Gasteiger partial charge in [0.25, 0.3) is 0 Å². The fraction of sp³-hybridized carbons (Fsp3) is 1.00. The van der Waals surface area contributed by atoms with Crippen LogP contribution in [0.25, 0.3) is 0 Å². The molecule has 0 unspecified atom stereocenters. The Balaban J connectivity index is 1.14. The summed E-state index contributed by atoms with van der Waals surface area (Å²) in [5.41, 5.74) is 5.58. The maximum absolute atomic E-state index is 11.9. The van der Waals surface area contributed by atoms with Crippen molar-refractivity contribution in [2.75, 3.05) is 59.4 Å². The molecule has 0 aromatic carbocycles. The highest BCUT2D eigenvalue weighted by Crippen LogP contribution is 2.38. The minimum absolute atomic E-state index is 0.111. The van der Waals surface area contributed by atoms with Crippen LogP contribution in [-0.4, -0.2) is 387 Å². The summed E-state index contributed by atoms with van der Waals surface area (Å²) in [4.78, 5) is 0. The van der Waals surface area contributed by atoms with Gasteiger partial charge in [0.05, 0.1) is 52.9 Å². The van der Waals surface area contributed by atoms with Crippen molar-refractivity contribution in [2.45, 2.75) is 221 Å². The van der Waals surface area contributed by atoms with Crippen LogP contribution in [-0.2, 0) is 66.3 Å². The van der Waals surface area contributed by atoms with Crippen molar-refractivity contribution in [3.05, 3.63) is 0 Å². The summed E-state index contributed by atoms with van der Waals surface area (Å²) in [6, 6.07) is 0. The number of hydrogen-bond donors (Lipinski definition) is 23. The number of ether oxygens (including phenoxy) is 14. The van der Waals surface area contributed by atoms with E-state index in [1.165, 1.54) is 0 Å². The Kier molecular flexibility index (Phi) is 25.0. The first-order valence-electron chi connectivity index (χ1n) is 26.3. The zero-order chi connectivity index (χ0) is 60.2. The maximum Gasteiger partial charge on any atom is 0.187 e. The molecule has 480 valence electrons. The van der Waals surface area contributed by atoms with Gasteiger partial charge in [-0.15, -0.1) is 0 Å². The molecule has 24 N–H and O–H groups in total. The minimum atomic E-state index is -2.37. The molecular formula is C45H79NO36. The van der Waals surface area contributed by atoms with Crippen LogP contribution in [0.5, 0.6) is 0 Å². The van der Waals surface area contributed by atoms with Gasteiger partial charge in [-0.3, -0.25) is 0 Å². The van der Waals surface area contributed by atoms with Gasteiger partial charge in [-0.05, 0) is 13.0 Å². The number of aliphatic hydroxyl groups excluding tert-OH is 22. The van der Waals surface area contributed by atoms with Crippen molar-refractivity contribution < 1.29 is 179 Å². The Hall–Kier alpha value is -1.48. The third-order valence-corrected chi connectivity index (χ3v) is 15.2. The molecule has 37 heteroatoms. The van der Waals surface area contributed by atoms with Crippen molar-refractivity contribution >= 4 is 0 Å². The van der Waals surface area contributed by atoms with E-state index >= 15 is 0 Å². The van der Waals surface area contributed by atoms with E-state index < -0.39 is 261 Å². The van der Waals surface area contributed by atoms with Gasteiger partial charge in [0.15, 0.2) is 44.0 Å². The lowest BCUT2D eigenvalue weighted by Gasteiger charge is -2.50. The van der Waals surface area contributed by atoms with Crippen molar-refractivity contribution in [3.8, 4) is 0 Å². The highest BCUT2D eigenvalue weighted by Gasteiger charge is 2.59. The molecule has 0 aromatic rings. The first-order valence-corrected chi connectivity index (χ1v) is 26.3. The summed E-state index contributed by atoms with van der Waals surface area (Å²) in [5, 5.41) is 238. The normalized spacial score (nSPS) is 51.5. The molecule has 7 aliphatic heterocycles. The predicted octanol–water partition coefficient (Wildman–Crippen LogP) is -15.9.